The quantitative estimate of drug-likeness (QED) is 0.781. The molecule has 0 aliphatic rings. The zero-order valence-electron chi connectivity index (χ0n) is 11.3. The van der Waals surface area contributed by atoms with Crippen LogP contribution in [0, 0.1) is 6.92 Å². The third-order valence-corrected chi connectivity index (χ3v) is 2.95. The van der Waals surface area contributed by atoms with Gasteiger partial charge in [0.15, 0.2) is 17.5 Å². The molecule has 0 amide bonds. The van der Waals surface area contributed by atoms with Crippen molar-refractivity contribution in [3.63, 3.8) is 0 Å². The lowest BCUT2D eigenvalue weighted by atomic mass is 10.2. The highest BCUT2D eigenvalue weighted by Crippen LogP contribution is 2.17. The summed E-state index contributed by atoms with van der Waals surface area (Å²) in [5.41, 5.74) is 1.81. The van der Waals surface area contributed by atoms with Crippen LogP contribution in [0.25, 0.3) is 11.0 Å². The first-order valence-corrected chi connectivity index (χ1v) is 5.91. The second kappa shape index (κ2) is 4.79. The van der Waals surface area contributed by atoms with Crippen LogP contribution in [0.5, 0.6) is 0 Å². The number of hydrogen-bond donors (Lipinski definition) is 0. The molecule has 0 aliphatic carbocycles. The molecule has 0 fully saturated rings. The fraction of sp³-hybridized carbons (Fsp3) is 0.385. The molecule has 1 unspecified atom stereocenters. The summed E-state index contributed by atoms with van der Waals surface area (Å²) in [6.07, 6.45) is 0.678. The van der Waals surface area contributed by atoms with Crippen molar-refractivity contribution in [1.82, 2.24) is 14.8 Å². The van der Waals surface area contributed by atoms with Gasteiger partial charge in [0.05, 0.1) is 11.3 Å². The van der Waals surface area contributed by atoms with Gasteiger partial charge < -0.3 is 4.74 Å². The number of carbonyl (C=O) groups is 2. The van der Waals surface area contributed by atoms with E-state index in [4.69, 9.17) is 4.74 Å². The summed E-state index contributed by atoms with van der Waals surface area (Å²) in [5.74, 6) is -0.750. The van der Waals surface area contributed by atoms with Crippen LogP contribution in [0.4, 0.5) is 0 Å². The molecule has 2 rings (SSSR count). The number of aryl methyl sites for hydroxylation is 2. The highest BCUT2D eigenvalue weighted by molar-refractivity contribution is 5.95. The number of fused-ring (bicyclic) bond motifs is 1. The summed E-state index contributed by atoms with van der Waals surface area (Å²) >= 11 is 0. The fourth-order valence-corrected chi connectivity index (χ4v) is 1.73. The van der Waals surface area contributed by atoms with Gasteiger partial charge in [-0.15, -0.1) is 0 Å². The molecule has 100 valence electrons. The molecule has 0 bridgehead atoms. The normalized spacial score (nSPS) is 12.4. The van der Waals surface area contributed by atoms with Crippen LogP contribution >= 0.6 is 0 Å². The smallest absolute Gasteiger partial charge is 0.340 e. The lowest BCUT2D eigenvalue weighted by molar-refractivity contribution is -0.124. The second-order valence-electron chi connectivity index (χ2n) is 4.46. The average molecular weight is 261 g/mol. The SMILES string of the molecule is CC(=O)C(C)OC(=O)c1cnc2c(c1)c(C)nn2C. The molecule has 0 saturated heterocycles. The van der Waals surface area contributed by atoms with Crippen LogP contribution in [0.15, 0.2) is 12.3 Å². The lowest BCUT2D eigenvalue weighted by Crippen LogP contribution is -2.21. The van der Waals surface area contributed by atoms with E-state index in [0.717, 1.165) is 11.1 Å². The van der Waals surface area contributed by atoms with Crippen molar-refractivity contribution in [3.8, 4) is 0 Å². The van der Waals surface area contributed by atoms with Gasteiger partial charge >= 0.3 is 5.97 Å². The van der Waals surface area contributed by atoms with Crippen molar-refractivity contribution in [1.29, 1.82) is 0 Å². The van der Waals surface area contributed by atoms with Gasteiger partial charge in [-0.05, 0) is 26.8 Å². The molecule has 0 aliphatic heterocycles. The van der Waals surface area contributed by atoms with Crippen molar-refractivity contribution >= 4 is 22.8 Å². The molecule has 6 nitrogen and oxygen atoms in total. The zero-order valence-corrected chi connectivity index (χ0v) is 11.3. The molecular formula is C13H15N3O3. The Hall–Kier alpha value is -2.24. The molecule has 0 radical (unpaired) electrons. The van der Waals surface area contributed by atoms with Gasteiger partial charge in [-0.3, -0.25) is 9.48 Å². The van der Waals surface area contributed by atoms with E-state index in [1.807, 2.05) is 6.92 Å². The molecule has 0 aromatic carbocycles. The number of ketones is 1. The van der Waals surface area contributed by atoms with Crippen LogP contribution in [-0.2, 0) is 16.6 Å². The van der Waals surface area contributed by atoms with E-state index in [0.29, 0.717) is 11.2 Å². The topological polar surface area (TPSA) is 74.1 Å². The first-order valence-electron chi connectivity index (χ1n) is 5.91. The first-order chi connectivity index (χ1) is 8.90. The molecule has 6 heteroatoms. The van der Waals surface area contributed by atoms with Gasteiger partial charge in [-0.1, -0.05) is 0 Å². The van der Waals surface area contributed by atoms with Crippen LogP contribution in [-0.4, -0.2) is 32.6 Å². The molecule has 0 spiro atoms. The van der Waals surface area contributed by atoms with E-state index in [2.05, 4.69) is 10.1 Å². The highest BCUT2D eigenvalue weighted by atomic mass is 16.5. The van der Waals surface area contributed by atoms with E-state index in [1.165, 1.54) is 13.1 Å². The summed E-state index contributed by atoms with van der Waals surface area (Å²) in [6.45, 7) is 4.77. The van der Waals surface area contributed by atoms with Crippen LogP contribution in [0.3, 0.4) is 0 Å². The molecule has 19 heavy (non-hydrogen) atoms. The minimum Gasteiger partial charge on any atom is -0.451 e. The Morgan fingerprint density at radius 1 is 1.42 bits per heavy atom. The number of Topliss-reactive ketones (excluding diaryl/α,β-unsaturated/α-hetero) is 1. The summed E-state index contributed by atoms with van der Waals surface area (Å²) in [6, 6.07) is 1.68. The lowest BCUT2D eigenvalue weighted by Gasteiger charge is -2.09. The Kier molecular flexibility index (Phi) is 3.33. The van der Waals surface area contributed by atoms with Gasteiger partial charge in [-0.25, -0.2) is 9.78 Å². The van der Waals surface area contributed by atoms with Crippen molar-refractivity contribution < 1.29 is 14.3 Å². The van der Waals surface area contributed by atoms with Crippen molar-refractivity contribution in [2.45, 2.75) is 26.9 Å². The largest absolute Gasteiger partial charge is 0.451 e. The maximum absolute atomic E-state index is 11.9. The minimum atomic E-state index is -0.752. The molecule has 2 heterocycles. The molecule has 2 aromatic heterocycles. The Bertz CT molecular complexity index is 660. The minimum absolute atomic E-state index is 0.194. The summed E-state index contributed by atoms with van der Waals surface area (Å²) < 4.78 is 6.69. The van der Waals surface area contributed by atoms with E-state index < -0.39 is 12.1 Å². The van der Waals surface area contributed by atoms with Gasteiger partial charge in [0.2, 0.25) is 0 Å². The standard InChI is InChI=1S/C13H15N3O3/c1-7-11-5-10(6-14-12(11)16(4)15-7)13(18)19-9(3)8(2)17/h5-6,9H,1-4H3. The second-order valence-corrected chi connectivity index (χ2v) is 4.46. The van der Waals surface area contributed by atoms with Gasteiger partial charge in [0.25, 0.3) is 0 Å². The summed E-state index contributed by atoms with van der Waals surface area (Å²) in [5, 5.41) is 5.03. The first kappa shape index (κ1) is 13.2. The number of ether oxygens (including phenoxy) is 1. The van der Waals surface area contributed by atoms with E-state index in [-0.39, 0.29) is 5.78 Å². The Morgan fingerprint density at radius 3 is 2.74 bits per heavy atom. The molecule has 0 saturated carbocycles. The van der Waals surface area contributed by atoms with Gasteiger partial charge in [-0.2, -0.15) is 5.10 Å². The maximum Gasteiger partial charge on any atom is 0.340 e. The monoisotopic (exact) mass is 261 g/mol. The Balaban J connectivity index is 2.33. The fourth-order valence-electron chi connectivity index (χ4n) is 1.73. The average Bonchev–Trinajstić information content (AvgIpc) is 2.64. The van der Waals surface area contributed by atoms with Crippen molar-refractivity contribution in [2.75, 3.05) is 0 Å². The van der Waals surface area contributed by atoms with Crippen LogP contribution in [0.2, 0.25) is 0 Å². The predicted octanol–water partition coefficient (Wildman–Crippen LogP) is 1.41. The molecule has 2 aromatic rings. The number of hydrogen-bond acceptors (Lipinski definition) is 5. The number of carbonyl (C=O) groups excluding carboxylic acids is 2. The third kappa shape index (κ3) is 2.47. The van der Waals surface area contributed by atoms with Crippen LogP contribution in [0.1, 0.15) is 29.9 Å². The number of aromatic nitrogens is 3. The van der Waals surface area contributed by atoms with Crippen LogP contribution < -0.4 is 0 Å². The number of nitrogens with zero attached hydrogens (tertiary/aromatic N) is 3. The highest BCUT2D eigenvalue weighted by Gasteiger charge is 2.17. The molecular weight excluding hydrogens is 246 g/mol. The third-order valence-electron chi connectivity index (χ3n) is 2.95. The maximum atomic E-state index is 11.9. The molecule has 1 atom stereocenters. The number of esters is 1. The Morgan fingerprint density at radius 2 is 2.11 bits per heavy atom. The van der Waals surface area contributed by atoms with E-state index in [9.17, 15) is 9.59 Å². The zero-order chi connectivity index (χ0) is 14.2. The van der Waals surface area contributed by atoms with Crippen molar-refractivity contribution in [3.05, 3.63) is 23.5 Å². The number of rotatable bonds is 3. The summed E-state index contributed by atoms with van der Waals surface area (Å²) in [7, 11) is 1.79. The van der Waals surface area contributed by atoms with Gasteiger partial charge in [0, 0.05) is 18.6 Å². The van der Waals surface area contributed by atoms with Crippen molar-refractivity contribution in [2.24, 2.45) is 7.05 Å². The molecule has 0 N–H and O–H groups in total. The summed E-state index contributed by atoms with van der Waals surface area (Å²) in [4.78, 5) is 27.1. The Labute approximate surface area is 110 Å². The predicted molar refractivity (Wildman–Crippen MR) is 68.8 cm³/mol. The van der Waals surface area contributed by atoms with E-state index >= 15 is 0 Å². The number of pyridine rings is 1. The van der Waals surface area contributed by atoms with E-state index in [1.54, 1.807) is 24.7 Å². The van der Waals surface area contributed by atoms with Gasteiger partial charge in [0.1, 0.15) is 0 Å².